The molecule has 16 heavy (non-hydrogen) atoms. The Labute approximate surface area is 115 Å². The van der Waals surface area contributed by atoms with Crippen LogP contribution in [-0.4, -0.2) is 28.2 Å². The van der Waals surface area contributed by atoms with E-state index in [-0.39, 0.29) is 23.1 Å². The molecule has 1 nitrogen and oxygen atoms in total. The van der Waals surface area contributed by atoms with Gasteiger partial charge < -0.3 is 5.11 Å². The van der Waals surface area contributed by atoms with Crippen molar-refractivity contribution >= 4 is 23.1 Å². The quantitative estimate of drug-likeness (QED) is 0.565. The third-order valence-corrected chi connectivity index (χ3v) is 2.79. The van der Waals surface area contributed by atoms with Gasteiger partial charge in [0.15, 0.2) is 0 Å². The molecular formula is C14H24MgO. The van der Waals surface area contributed by atoms with Gasteiger partial charge in [0.2, 0.25) is 0 Å². The second kappa shape index (κ2) is 9.97. The monoisotopic (exact) mass is 232 g/mol. The molecular weight excluding hydrogens is 208 g/mol. The zero-order valence-corrected chi connectivity index (χ0v) is 9.71. The predicted molar refractivity (Wildman–Crippen MR) is 73.7 cm³/mol. The molecule has 0 bridgehead atoms. The molecule has 0 saturated heterocycles. The third kappa shape index (κ3) is 6.39. The zero-order chi connectivity index (χ0) is 10.9. The number of phenols is 1. The molecule has 0 amide bonds. The van der Waals surface area contributed by atoms with Crippen LogP contribution in [0.4, 0.5) is 0 Å². The smallest absolute Gasteiger partial charge is 0.316 e. The highest BCUT2D eigenvalue weighted by molar-refractivity contribution is 5.75. The number of benzene rings is 1. The summed E-state index contributed by atoms with van der Waals surface area (Å²) in [6.07, 6.45) is 8.85. The van der Waals surface area contributed by atoms with E-state index in [2.05, 4.69) is 6.92 Å². The van der Waals surface area contributed by atoms with Crippen LogP contribution in [0.25, 0.3) is 0 Å². The molecule has 0 aliphatic heterocycles. The van der Waals surface area contributed by atoms with E-state index in [1.807, 2.05) is 18.2 Å². The Morgan fingerprint density at radius 3 is 2.25 bits per heavy atom. The molecule has 0 spiro atoms. The SMILES string of the molecule is CCCCCCCCc1ccccc1O.[MgH2]. The lowest BCUT2D eigenvalue weighted by molar-refractivity contribution is 0.466. The second-order valence-corrected chi connectivity index (χ2v) is 4.15. The van der Waals surface area contributed by atoms with Crippen LogP contribution in [0.15, 0.2) is 24.3 Å². The highest BCUT2D eigenvalue weighted by atomic mass is 24.3. The molecule has 0 aliphatic carbocycles. The molecule has 1 N–H and O–H groups in total. The summed E-state index contributed by atoms with van der Waals surface area (Å²) in [5.41, 5.74) is 1.09. The van der Waals surface area contributed by atoms with E-state index in [4.69, 9.17) is 0 Å². The molecule has 0 saturated carbocycles. The van der Waals surface area contributed by atoms with E-state index < -0.39 is 0 Å². The van der Waals surface area contributed by atoms with Crippen molar-refractivity contribution in [3.63, 3.8) is 0 Å². The Balaban J connectivity index is 0.00000225. The minimum Gasteiger partial charge on any atom is -0.508 e. The van der Waals surface area contributed by atoms with Crippen LogP contribution in [0.2, 0.25) is 0 Å². The van der Waals surface area contributed by atoms with Crippen molar-refractivity contribution in [2.45, 2.75) is 51.9 Å². The molecule has 0 radical (unpaired) electrons. The lowest BCUT2D eigenvalue weighted by Crippen LogP contribution is -1.86. The van der Waals surface area contributed by atoms with E-state index in [0.29, 0.717) is 5.75 Å². The van der Waals surface area contributed by atoms with Crippen LogP contribution in [0.1, 0.15) is 51.0 Å². The van der Waals surface area contributed by atoms with Crippen molar-refractivity contribution in [2.24, 2.45) is 0 Å². The molecule has 1 rings (SSSR count). The van der Waals surface area contributed by atoms with Crippen molar-refractivity contribution in [3.8, 4) is 5.75 Å². The van der Waals surface area contributed by atoms with E-state index in [1.54, 1.807) is 6.07 Å². The van der Waals surface area contributed by atoms with Gasteiger partial charge in [0.05, 0.1) is 0 Å². The third-order valence-electron chi connectivity index (χ3n) is 2.79. The average molecular weight is 233 g/mol. The van der Waals surface area contributed by atoms with Crippen LogP contribution >= 0.6 is 0 Å². The molecule has 0 fully saturated rings. The highest BCUT2D eigenvalue weighted by Gasteiger charge is 1.98. The van der Waals surface area contributed by atoms with Crippen LogP contribution in [0.3, 0.4) is 0 Å². The summed E-state index contributed by atoms with van der Waals surface area (Å²) in [5, 5.41) is 9.55. The Morgan fingerprint density at radius 2 is 1.56 bits per heavy atom. The number of hydrogen-bond acceptors (Lipinski definition) is 1. The molecule has 0 unspecified atom stereocenters. The van der Waals surface area contributed by atoms with Crippen LogP contribution in [0.5, 0.6) is 5.75 Å². The first-order valence-corrected chi connectivity index (χ1v) is 6.11. The first kappa shape index (κ1) is 15.8. The van der Waals surface area contributed by atoms with Gasteiger partial charge >= 0.3 is 23.1 Å². The summed E-state index contributed by atoms with van der Waals surface area (Å²) in [4.78, 5) is 0. The standard InChI is InChI=1S/C14H22O.Mg.2H/c1-2-3-4-5-6-7-10-13-11-8-9-12-14(13)15;;;/h8-9,11-12,15H,2-7,10H2,1H3;;;. The molecule has 0 aliphatic rings. The fourth-order valence-corrected chi connectivity index (χ4v) is 1.82. The van der Waals surface area contributed by atoms with Crippen molar-refractivity contribution in [2.75, 3.05) is 0 Å². The Hall–Kier alpha value is -0.214. The van der Waals surface area contributed by atoms with Crippen molar-refractivity contribution in [3.05, 3.63) is 29.8 Å². The van der Waals surface area contributed by atoms with E-state index in [0.717, 1.165) is 12.0 Å². The predicted octanol–water partition coefficient (Wildman–Crippen LogP) is 3.38. The summed E-state index contributed by atoms with van der Waals surface area (Å²) in [6, 6.07) is 7.65. The van der Waals surface area contributed by atoms with Crippen LogP contribution in [-0.2, 0) is 6.42 Å². The lowest BCUT2D eigenvalue weighted by atomic mass is 10.0. The maximum absolute atomic E-state index is 9.55. The van der Waals surface area contributed by atoms with Gasteiger partial charge in [0, 0.05) is 0 Å². The number of aromatic hydroxyl groups is 1. The van der Waals surface area contributed by atoms with Gasteiger partial charge in [-0.05, 0) is 24.5 Å². The van der Waals surface area contributed by atoms with Crippen molar-refractivity contribution in [1.82, 2.24) is 0 Å². The number of unbranched alkanes of at least 4 members (excludes halogenated alkanes) is 5. The zero-order valence-electron chi connectivity index (χ0n) is 9.71. The van der Waals surface area contributed by atoms with E-state index in [9.17, 15) is 5.11 Å². The summed E-state index contributed by atoms with van der Waals surface area (Å²) in [6.45, 7) is 2.24. The fourth-order valence-electron chi connectivity index (χ4n) is 1.82. The molecule has 88 valence electrons. The molecule has 0 heterocycles. The van der Waals surface area contributed by atoms with E-state index >= 15 is 0 Å². The van der Waals surface area contributed by atoms with Crippen molar-refractivity contribution < 1.29 is 5.11 Å². The Bertz CT molecular complexity index is 273. The van der Waals surface area contributed by atoms with Gasteiger partial charge in [0.1, 0.15) is 5.75 Å². The molecule has 0 aromatic heterocycles. The normalized spacial score (nSPS) is 9.81. The fraction of sp³-hybridized carbons (Fsp3) is 0.571. The van der Waals surface area contributed by atoms with Crippen LogP contribution < -0.4 is 0 Å². The number of hydrogen-bond donors (Lipinski definition) is 1. The first-order chi connectivity index (χ1) is 7.34. The number of aryl methyl sites for hydroxylation is 1. The largest absolute Gasteiger partial charge is 0.508 e. The summed E-state index contributed by atoms with van der Waals surface area (Å²) < 4.78 is 0. The lowest BCUT2D eigenvalue weighted by Gasteiger charge is -2.03. The van der Waals surface area contributed by atoms with Gasteiger partial charge in [-0.2, -0.15) is 0 Å². The second-order valence-electron chi connectivity index (χ2n) is 4.15. The Morgan fingerprint density at radius 1 is 0.938 bits per heavy atom. The highest BCUT2D eigenvalue weighted by Crippen LogP contribution is 2.18. The molecule has 1 aromatic carbocycles. The van der Waals surface area contributed by atoms with Gasteiger partial charge in [0.25, 0.3) is 0 Å². The maximum Gasteiger partial charge on any atom is 0.316 e. The van der Waals surface area contributed by atoms with Crippen molar-refractivity contribution in [1.29, 1.82) is 0 Å². The van der Waals surface area contributed by atoms with Crippen LogP contribution in [0, 0.1) is 0 Å². The number of rotatable bonds is 7. The summed E-state index contributed by atoms with van der Waals surface area (Å²) in [7, 11) is 0. The van der Waals surface area contributed by atoms with Gasteiger partial charge in [-0.15, -0.1) is 0 Å². The van der Waals surface area contributed by atoms with E-state index in [1.165, 1.54) is 38.5 Å². The van der Waals surface area contributed by atoms with Gasteiger partial charge in [-0.25, -0.2) is 0 Å². The minimum atomic E-state index is 0. The van der Waals surface area contributed by atoms with Gasteiger partial charge in [-0.1, -0.05) is 57.2 Å². The molecule has 2 heteroatoms. The summed E-state index contributed by atoms with van der Waals surface area (Å²) >= 11 is 0. The topological polar surface area (TPSA) is 20.2 Å². The maximum atomic E-state index is 9.55. The molecule has 0 atom stereocenters. The average Bonchev–Trinajstić information content (AvgIpc) is 2.25. The first-order valence-electron chi connectivity index (χ1n) is 6.11. The number of para-hydroxylation sites is 1. The number of phenolic OH excluding ortho intramolecular Hbond substituents is 1. The molecule has 1 aromatic rings. The van der Waals surface area contributed by atoms with Gasteiger partial charge in [-0.3, -0.25) is 0 Å². The summed E-state index contributed by atoms with van der Waals surface area (Å²) in [5.74, 6) is 0.450. The minimum absolute atomic E-state index is 0. The Kier molecular flexibility index (Phi) is 9.84.